The van der Waals surface area contributed by atoms with Crippen LogP contribution in [-0.4, -0.2) is 31.5 Å². The molecule has 0 saturated heterocycles. The van der Waals surface area contributed by atoms with Crippen LogP contribution in [0.3, 0.4) is 0 Å². The predicted octanol–water partition coefficient (Wildman–Crippen LogP) is 3.10. The number of amides is 1. The molecule has 0 fully saturated rings. The zero-order chi connectivity index (χ0) is 14.3. The third-order valence-electron chi connectivity index (χ3n) is 2.21. The highest BCUT2D eigenvalue weighted by Gasteiger charge is 2.17. The maximum absolute atomic E-state index is 13.5. The van der Waals surface area contributed by atoms with E-state index in [-0.39, 0.29) is 11.0 Å². The zero-order valence-electron chi connectivity index (χ0n) is 10.0. The van der Waals surface area contributed by atoms with Gasteiger partial charge in [-0.1, -0.05) is 15.9 Å². The molecular formula is C12H13BrClF2NO2. The highest BCUT2D eigenvalue weighted by atomic mass is 79.9. The summed E-state index contributed by atoms with van der Waals surface area (Å²) in [6.07, 6.45) is 0.544. The van der Waals surface area contributed by atoms with E-state index < -0.39 is 23.1 Å². The minimum atomic E-state index is -0.900. The Labute approximate surface area is 123 Å². The first kappa shape index (κ1) is 16.3. The average molecular weight is 357 g/mol. The predicted molar refractivity (Wildman–Crippen MR) is 72.5 cm³/mol. The number of hydrogen-bond donors (Lipinski definition) is 1. The van der Waals surface area contributed by atoms with E-state index in [0.717, 1.165) is 12.1 Å². The fourth-order valence-corrected chi connectivity index (χ4v) is 1.89. The van der Waals surface area contributed by atoms with Gasteiger partial charge in [0.2, 0.25) is 0 Å². The van der Waals surface area contributed by atoms with E-state index in [1.807, 2.05) is 0 Å². The van der Waals surface area contributed by atoms with Gasteiger partial charge in [0.15, 0.2) is 0 Å². The first-order chi connectivity index (χ1) is 9.06. The van der Waals surface area contributed by atoms with Gasteiger partial charge < -0.3 is 10.1 Å². The molecule has 0 bridgehead atoms. The number of nitrogens with one attached hydrogen (secondary N) is 1. The van der Waals surface area contributed by atoms with Gasteiger partial charge in [0.05, 0.1) is 6.61 Å². The van der Waals surface area contributed by atoms with Gasteiger partial charge in [-0.2, -0.15) is 0 Å². The number of carbonyl (C=O) groups is 1. The van der Waals surface area contributed by atoms with Crippen molar-refractivity contribution in [3.63, 3.8) is 0 Å². The Balaban J connectivity index is 2.46. The second kappa shape index (κ2) is 8.45. The molecule has 1 aromatic rings. The molecule has 0 saturated carbocycles. The molecule has 0 aliphatic heterocycles. The van der Waals surface area contributed by atoms with Crippen molar-refractivity contribution in [1.29, 1.82) is 0 Å². The molecule has 0 spiro atoms. The molecule has 3 nitrogen and oxygen atoms in total. The van der Waals surface area contributed by atoms with Crippen molar-refractivity contribution >= 4 is 33.4 Å². The summed E-state index contributed by atoms with van der Waals surface area (Å²) < 4.78 is 32.3. The number of rotatable bonds is 7. The second-order valence-electron chi connectivity index (χ2n) is 3.66. The van der Waals surface area contributed by atoms with Gasteiger partial charge in [-0.3, -0.25) is 4.79 Å². The van der Waals surface area contributed by atoms with Crippen molar-refractivity contribution in [3.8, 4) is 0 Å². The quantitative estimate of drug-likeness (QED) is 0.602. The van der Waals surface area contributed by atoms with Gasteiger partial charge in [-0.05, 0) is 18.6 Å². The molecule has 0 unspecified atom stereocenters. The summed E-state index contributed by atoms with van der Waals surface area (Å²) in [6.45, 7) is 1.14. The van der Waals surface area contributed by atoms with Crippen molar-refractivity contribution in [2.24, 2.45) is 0 Å². The van der Waals surface area contributed by atoms with Gasteiger partial charge in [0, 0.05) is 23.5 Å². The largest absolute Gasteiger partial charge is 0.380 e. The fraction of sp³-hybridized carbons (Fsp3) is 0.417. The van der Waals surface area contributed by atoms with Crippen molar-refractivity contribution < 1.29 is 18.3 Å². The van der Waals surface area contributed by atoms with E-state index in [9.17, 15) is 13.6 Å². The van der Waals surface area contributed by atoms with Crippen molar-refractivity contribution in [2.45, 2.75) is 6.42 Å². The third kappa shape index (κ3) is 5.42. The molecular weight excluding hydrogens is 343 g/mol. The van der Waals surface area contributed by atoms with Crippen LogP contribution < -0.4 is 5.32 Å². The van der Waals surface area contributed by atoms with E-state index in [2.05, 4.69) is 21.2 Å². The second-order valence-corrected chi connectivity index (χ2v) is 4.95. The van der Waals surface area contributed by atoms with Crippen LogP contribution in [0.1, 0.15) is 16.8 Å². The molecule has 0 radical (unpaired) electrons. The normalized spacial score (nSPS) is 10.5. The molecule has 1 aromatic carbocycles. The number of alkyl halides is 1. The summed E-state index contributed by atoms with van der Waals surface area (Å²) in [4.78, 5) is 11.6. The minimum Gasteiger partial charge on any atom is -0.380 e. The Morgan fingerprint density at radius 1 is 1.32 bits per heavy atom. The Kier molecular flexibility index (Phi) is 7.27. The maximum Gasteiger partial charge on any atom is 0.257 e. The summed E-state index contributed by atoms with van der Waals surface area (Å²) in [7, 11) is 0. The van der Waals surface area contributed by atoms with Gasteiger partial charge in [0.25, 0.3) is 5.91 Å². The van der Waals surface area contributed by atoms with E-state index in [4.69, 9.17) is 16.3 Å². The lowest BCUT2D eigenvalue weighted by Crippen LogP contribution is -2.27. The topological polar surface area (TPSA) is 38.3 Å². The molecule has 19 heavy (non-hydrogen) atoms. The van der Waals surface area contributed by atoms with Crippen LogP contribution in [0.15, 0.2) is 16.6 Å². The Hall–Kier alpha value is -0.720. The third-order valence-corrected chi connectivity index (χ3v) is 2.82. The first-order valence-corrected chi connectivity index (χ1v) is 6.95. The van der Waals surface area contributed by atoms with Gasteiger partial charge >= 0.3 is 0 Å². The lowest BCUT2D eigenvalue weighted by Gasteiger charge is -2.07. The van der Waals surface area contributed by atoms with Crippen LogP contribution in [0, 0.1) is 11.6 Å². The molecule has 7 heteroatoms. The van der Waals surface area contributed by atoms with Crippen molar-refractivity contribution in [1.82, 2.24) is 5.32 Å². The van der Waals surface area contributed by atoms with Crippen molar-refractivity contribution in [3.05, 3.63) is 33.8 Å². The van der Waals surface area contributed by atoms with E-state index in [1.165, 1.54) is 0 Å². The average Bonchev–Trinajstić information content (AvgIpc) is 2.32. The summed E-state index contributed by atoms with van der Waals surface area (Å²) in [6, 6.07) is 2.09. The van der Waals surface area contributed by atoms with Crippen LogP contribution in [0.5, 0.6) is 0 Å². The van der Waals surface area contributed by atoms with E-state index in [1.54, 1.807) is 0 Å². The maximum atomic E-state index is 13.5. The van der Waals surface area contributed by atoms with E-state index >= 15 is 0 Å². The van der Waals surface area contributed by atoms with Gasteiger partial charge in [-0.25, -0.2) is 8.78 Å². The molecule has 1 rings (SSSR count). The Morgan fingerprint density at radius 2 is 1.95 bits per heavy atom. The number of halogens is 4. The highest BCUT2D eigenvalue weighted by Crippen LogP contribution is 2.19. The fourth-order valence-electron chi connectivity index (χ4n) is 1.38. The van der Waals surface area contributed by atoms with Crippen molar-refractivity contribution in [2.75, 3.05) is 25.6 Å². The van der Waals surface area contributed by atoms with Crippen LogP contribution in [0.25, 0.3) is 0 Å². The molecule has 0 aliphatic rings. The van der Waals surface area contributed by atoms with Gasteiger partial charge in [0.1, 0.15) is 17.2 Å². The summed E-state index contributed by atoms with van der Waals surface area (Å²) in [5.74, 6) is -2.17. The number of hydrogen-bond acceptors (Lipinski definition) is 2. The monoisotopic (exact) mass is 355 g/mol. The molecule has 0 aromatic heterocycles. The van der Waals surface area contributed by atoms with Crippen LogP contribution >= 0.6 is 27.5 Å². The standard InChI is InChI=1S/C12H13BrClF2NO2/c13-8-6-9(15)11(10(16)7-8)12(18)17-3-1-4-19-5-2-14/h6-7H,1-5H2,(H,17,18). The first-order valence-electron chi connectivity index (χ1n) is 5.62. The zero-order valence-corrected chi connectivity index (χ0v) is 12.4. The Bertz CT molecular complexity index is 423. The molecule has 106 valence electrons. The molecule has 0 atom stereocenters. The van der Waals surface area contributed by atoms with E-state index in [0.29, 0.717) is 25.5 Å². The Morgan fingerprint density at radius 3 is 2.53 bits per heavy atom. The lowest BCUT2D eigenvalue weighted by atomic mass is 10.2. The minimum absolute atomic E-state index is 0.244. The highest BCUT2D eigenvalue weighted by molar-refractivity contribution is 9.10. The molecule has 0 aliphatic carbocycles. The number of carbonyl (C=O) groups excluding carboxylic acids is 1. The number of ether oxygens (including phenoxy) is 1. The summed E-state index contributed by atoms with van der Waals surface area (Å²) in [5.41, 5.74) is -0.579. The summed E-state index contributed by atoms with van der Waals surface area (Å²) >= 11 is 8.36. The van der Waals surface area contributed by atoms with Crippen LogP contribution in [0.4, 0.5) is 8.78 Å². The smallest absolute Gasteiger partial charge is 0.257 e. The van der Waals surface area contributed by atoms with Gasteiger partial charge in [-0.15, -0.1) is 11.6 Å². The molecule has 1 N–H and O–H groups in total. The SMILES string of the molecule is O=C(NCCCOCCCl)c1c(F)cc(Br)cc1F. The number of benzene rings is 1. The van der Waals surface area contributed by atoms with Crippen LogP contribution in [0.2, 0.25) is 0 Å². The summed E-state index contributed by atoms with van der Waals surface area (Å²) in [5, 5.41) is 2.43. The molecule has 1 amide bonds. The van der Waals surface area contributed by atoms with Crippen LogP contribution in [-0.2, 0) is 4.74 Å². The molecule has 0 heterocycles. The lowest BCUT2D eigenvalue weighted by molar-refractivity contribution is 0.0936.